The average molecular weight is 362 g/mol. The first-order valence-corrected chi connectivity index (χ1v) is 8.27. The number of carbonyl (C=O) groups excluding carboxylic acids is 1. The molecule has 2 aromatic heterocycles. The molecule has 1 aliphatic rings. The lowest BCUT2D eigenvalue weighted by molar-refractivity contribution is 0.103. The van der Waals surface area contributed by atoms with Gasteiger partial charge in [-0.25, -0.2) is 0 Å². The van der Waals surface area contributed by atoms with Crippen molar-refractivity contribution in [2.24, 2.45) is 7.05 Å². The van der Waals surface area contributed by atoms with Gasteiger partial charge in [-0.15, -0.1) is 5.10 Å². The van der Waals surface area contributed by atoms with Crippen LogP contribution in [0.5, 0.6) is 5.75 Å². The summed E-state index contributed by atoms with van der Waals surface area (Å²) >= 11 is 11.9. The fourth-order valence-corrected chi connectivity index (χ4v) is 3.59. The second-order valence-electron chi connectivity index (χ2n) is 5.98. The Hall–Kier alpha value is -2.11. The molecule has 122 valence electrons. The highest BCUT2D eigenvalue weighted by Crippen LogP contribution is 2.45. The van der Waals surface area contributed by atoms with Crippen LogP contribution in [0.15, 0.2) is 24.4 Å². The Kier molecular flexibility index (Phi) is 3.51. The molecule has 0 bridgehead atoms. The summed E-state index contributed by atoms with van der Waals surface area (Å²) in [5, 5.41) is 18.7. The van der Waals surface area contributed by atoms with Crippen LogP contribution in [0, 0.1) is 0 Å². The summed E-state index contributed by atoms with van der Waals surface area (Å²) in [6.07, 6.45) is 3.68. The Labute approximate surface area is 147 Å². The molecule has 0 atom stereocenters. The van der Waals surface area contributed by atoms with Crippen molar-refractivity contribution in [3.05, 3.63) is 51.3 Å². The summed E-state index contributed by atoms with van der Waals surface area (Å²) in [5.41, 5.74) is 2.60. The maximum atomic E-state index is 13.2. The summed E-state index contributed by atoms with van der Waals surface area (Å²) in [4.78, 5) is 13.2. The number of phenolic OH excluding ortho intramolecular Hbond substituents is 1. The van der Waals surface area contributed by atoms with Gasteiger partial charge in [0.05, 0.1) is 21.8 Å². The normalized spacial score (nSPS) is 14.3. The molecule has 0 radical (unpaired) electrons. The quantitative estimate of drug-likeness (QED) is 0.713. The summed E-state index contributed by atoms with van der Waals surface area (Å²) in [6, 6.07) is 4.68. The van der Waals surface area contributed by atoms with Crippen LogP contribution in [-0.2, 0) is 7.05 Å². The van der Waals surface area contributed by atoms with Crippen molar-refractivity contribution < 1.29 is 9.90 Å². The van der Waals surface area contributed by atoms with E-state index in [0.29, 0.717) is 22.7 Å². The third-order valence-electron chi connectivity index (χ3n) is 4.38. The van der Waals surface area contributed by atoms with Gasteiger partial charge >= 0.3 is 0 Å². The number of hydrogen-bond acceptors (Lipinski definition) is 4. The van der Waals surface area contributed by atoms with Gasteiger partial charge < -0.3 is 9.67 Å². The number of halogens is 2. The van der Waals surface area contributed by atoms with Gasteiger partial charge in [0.1, 0.15) is 0 Å². The van der Waals surface area contributed by atoms with Crippen LogP contribution in [0.2, 0.25) is 10.0 Å². The van der Waals surface area contributed by atoms with Crippen LogP contribution in [0.4, 0.5) is 0 Å². The van der Waals surface area contributed by atoms with Gasteiger partial charge in [0.25, 0.3) is 0 Å². The largest absolute Gasteiger partial charge is 0.505 e. The molecule has 0 unspecified atom stereocenters. The Morgan fingerprint density at radius 1 is 1.29 bits per heavy atom. The zero-order valence-electron chi connectivity index (χ0n) is 12.8. The molecule has 0 saturated heterocycles. The number of aromatic nitrogens is 3. The molecule has 1 saturated carbocycles. The van der Waals surface area contributed by atoms with Crippen LogP contribution in [0.25, 0.3) is 11.0 Å². The van der Waals surface area contributed by atoms with E-state index in [1.165, 1.54) is 12.1 Å². The molecule has 2 heterocycles. The summed E-state index contributed by atoms with van der Waals surface area (Å²) in [5.74, 6) is -0.0494. The first-order chi connectivity index (χ1) is 11.5. The minimum atomic E-state index is -0.221. The summed E-state index contributed by atoms with van der Waals surface area (Å²) < 4.78 is 1.94. The van der Waals surface area contributed by atoms with Crippen molar-refractivity contribution in [2.75, 3.05) is 0 Å². The SMILES string of the molecule is Cn1c(C2CC2)c(C(=O)c2cc(Cl)c(O)c(Cl)c2)c2ccnnc21. The number of nitrogens with zero attached hydrogens (tertiary/aromatic N) is 3. The van der Waals surface area contributed by atoms with E-state index >= 15 is 0 Å². The number of hydrogen-bond donors (Lipinski definition) is 1. The highest BCUT2D eigenvalue weighted by molar-refractivity contribution is 6.38. The van der Waals surface area contributed by atoms with Crippen LogP contribution in [0.1, 0.15) is 40.4 Å². The molecule has 3 aromatic rings. The lowest BCUT2D eigenvalue weighted by atomic mass is 9.99. The van der Waals surface area contributed by atoms with Gasteiger partial charge in [-0.05, 0) is 31.0 Å². The molecule has 1 fully saturated rings. The molecule has 1 aromatic carbocycles. The summed E-state index contributed by atoms with van der Waals surface area (Å²) in [7, 11) is 1.90. The molecule has 0 amide bonds. The molecular formula is C17H13Cl2N3O2. The third-order valence-corrected chi connectivity index (χ3v) is 4.95. The zero-order valence-corrected chi connectivity index (χ0v) is 14.3. The van der Waals surface area contributed by atoms with Gasteiger partial charge in [-0.3, -0.25) is 4.79 Å². The first kappa shape index (κ1) is 15.4. The smallest absolute Gasteiger partial charge is 0.195 e. The molecule has 7 heteroatoms. The van der Waals surface area contributed by atoms with E-state index in [4.69, 9.17) is 23.2 Å². The number of carbonyl (C=O) groups is 1. The number of aromatic hydroxyl groups is 1. The first-order valence-electron chi connectivity index (χ1n) is 7.51. The van der Waals surface area contributed by atoms with E-state index in [2.05, 4.69) is 10.2 Å². The third kappa shape index (κ3) is 2.27. The number of fused-ring (bicyclic) bond motifs is 1. The molecule has 0 spiro atoms. The van der Waals surface area contributed by atoms with E-state index in [1.807, 2.05) is 11.6 Å². The number of phenols is 1. The number of benzene rings is 1. The maximum Gasteiger partial charge on any atom is 0.195 e. The van der Waals surface area contributed by atoms with E-state index in [0.717, 1.165) is 23.9 Å². The Morgan fingerprint density at radius 3 is 2.58 bits per heavy atom. The van der Waals surface area contributed by atoms with Crippen molar-refractivity contribution >= 4 is 40.0 Å². The molecule has 1 aliphatic carbocycles. The van der Waals surface area contributed by atoms with Crippen LogP contribution in [0.3, 0.4) is 0 Å². The number of aryl methyl sites for hydroxylation is 1. The van der Waals surface area contributed by atoms with Gasteiger partial charge in [0.15, 0.2) is 17.2 Å². The second kappa shape index (κ2) is 5.46. The Balaban J connectivity index is 1.96. The van der Waals surface area contributed by atoms with Crippen molar-refractivity contribution in [2.45, 2.75) is 18.8 Å². The van der Waals surface area contributed by atoms with Gasteiger partial charge in [0.2, 0.25) is 0 Å². The van der Waals surface area contributed by atoms with E-state index in [-0.39, 0.29) is 21.6 Å². The van der Waals surface area contributed by atoms with Crippen molar-refractivity contribution in [3.8, 4) is 5.75 Å². The van der Waals surface area contributed by atoms with Gasteiger partial charge in [-0.1, -0.05) is 23.2 Å². The van der Waals surface area contributed by atoms with E-state index in [1.54, 1.807) is 12.3 Å². The molecule has 0 aliphatic heterocycles. The standard InChI is InChI=1S/C17H13Cl2N3O2/c1-22-14(8-2-3-8)13(10-4-5-20-21-17(10)22)15(23)9-6-11(18)16(24)12(19)7-9/h4-8,24H,2-3H2,1H3. The fraction of sp³-hybridized carbons (Fsp3) is 0.235. The molecule has 5 nitrogen and oxygen atoms in total. The van der Waals surface area contributed by atoms with E-state index < -0.39 is 0 Å². The monoisotopic (exact) mass is 361 g/mol. The Morgan fingerprint density at radius 2 is 1.96 bits per heavy atom. The van der Waals surface area contributed by atoms with Crippen LogP contribution in [-0.4, -0.2) is 25.7 Å². The minimum Gasteiger partial charge on any atom is -0.505 e. The lowest BCUT2D eigenvalue weighted by Crippen LogP contribution is -2.06. The maximum absolute atomic E-state index is 13.2. The number of rotatable bonds is 3. The average Bonchev–Trinajstić information content (AvgIpc) is 3.36. The van der Waals surface area contributed by atoms with Crippen LogP contribution < -0.4 is 0 Å². The predicted octanol–water partition coefficient (Wildman–Crippen LogP) is 4.09. The topological polar surface area (TPSA) is 68.0 Å². The van der Waals surface area contributed by atoms with Crippen LogP contribution >= 0.6 is 23.2 Å². The summed E-state index contributed by atoms with van der Waals surface area (Å²) in [6.45, 7) is 0. The lowest BCUT2D eigenvalue weighted by Gasteiger charge is -2.08. The molecule has 4 rings (SSSR count). The highest BCUT2D eigenvalue weighted by Gasteiger charge is 2.34. The van der Waals surface area contributed by atoms with E-state index in [9.17, 15) is 9.90 Å². The second-order valence-corrected chi connectivity index (χ2v) is 6.79. The fourth-order valence-electron chi connectivity index (χ4n) is 3.10. The molecule has 1 N–H and O–H groups in total. The van der Waals surface area contributed by atoms with Crippen molar-refractivity contribution in [3.63, 3.8) is 0 Å². The predicted molar refractivity (Wildman–Crippen MR) is 92.0 cm³/mol. The minimum absolute atomic E-state index is 0.0545. The zero-order chi connectivity index (χ0) is 17.0. The molecular weight excluding hydrogens is 349 g/mol. The van der Waals surface area contributed by atoms with Crippen molar-refractivity contribution in [1.82, 2.24) is 14.8 Å². The molecule has 24 heavy (non-hydrogen) atoms. The van der Waals surface area contributed by atoms with Crippen molar-refractivity contribution in [1.29, 1.82) is 0 Å². The van der Waals surface area contributed by atoms with Gasteiger partial charge in [-0.2, -0.15) is 5.10 Å². The van der Waals surface area contributed by atoms with Gasteiger partial charge in [0, 0.05) is 29.6 Å². The Bertz CT molecular complexity index is 970. The number of ketones is 1. The highest BCUT2D eigenvalue weighted by atomic mass is 35.5.